The van der Waals surface area contributed by atoms with Gasteiger partial charge >= 0.3 is 5.69 Å². The molecule has 138 valence electrons. The van der Waals surface area contributed by atoms with Crippen LogP contribution < -0.4 is 11.2 Å². The fourth-order valence-corrected chi connectivity index (χ4v) is 3.27. The first-order chi connectivity index (χ1) is 12.1. The van der Waals surface area contributed by atoms with Crippen LogP contribution in [0.4, 0.5) is 0 Å². The first-order valence-corrected chi connectivity index (χ1v) is 9.19. The third kappa shape index (κ3) is 4.48. The molecule has 4 atom stereocenters. The standard InChI is InChI=1S/C16H21BrN2O6/c17-5-4-10-8-19(16(22)18-15(10)21)13-7-11(20)12(25-13)9-24-14-3-1-2-6-23-14/h4-5,8,11-14,20H,1-3,6-7,9H2,(H,18,21,22)/b5-4+/t11-,12+,13+,14?/m0/s1. The molecule has 2 aliphatic heterocycles. The van der Waals surface area contributed by atoms with E-state index in [0.29, 0.717) is 12.2 Å². The molecule has 2 aliphatic rings. The Morgan fingerprint density at radius 1 is 1.44 bits per heavy atom. The first kappa shape index (κ1) is 18.5. The van der Waals surface area contributed by atoms with Crippen LogP contribution in [-0.4, -0.2) is 46.4 Å². The molecule has 8 nitrogen and oxygen atoms in total. The third-order valence-corrected chi connectivity index (χ3v) is 4.60. The fourth-order valence-electron chi connectivity index (χ4n) is 2.98. The highest BCUT2D eigenvalue weighted by Gasteiger charge is 2.36. The van der Waals surface area contributed by atoms with Gasteiger partial charge in [0.05, 0.1) is 18.3 Å². The predicted octanol–water partition coefficient (Wildman–Crippen LogP) is 1.09. The van der Waals surface area contributed by atoms with Gasteiger partial charge in [-0.3, -0.25) is 14.3 Å². The summed E-state index contributed by atoms with van der Waals surface area (Å²) in [6, 6.07) is 0. The Hall–Kier alpha value is -1.26. The lowest BCUT2D eigenvalue weighted by molar-refractivity contribution is -0.185. The lowest BCUT2D eigenvalue weighted by Gasteiger charge is -2.24. The molecule has 3 heterocycles. The number of halogens is 1. The second-order valence-electron chi connectivity index (χ2n) is 6.11. The molecule has 0 aromatic carbocycles. The largest absolute Gasteiger partial charge is 0.390 e. The van der Waals surface area contributed by atoms with Crippen molar-refractivity contribution in [1.82, 2.24) is 9.55 Å². The Balaban J connectivity index is 1.67. The Kier molecular flexibility index (Phi) is 6.24. The van der Waals surface area contributed by atoms with Crippen LogP contribution in [0.25, 0.3) is 6.08 Å². The molecule has 0 spiro atoms. The average molecular weight is 417 g/mol. The second-order valence-corrected chi connectivity index (χ2v) is 6.63. The zero-order chi connectivity index (χ0) is 17.8. The summed E-state index contributed by atoms with van der Waals surface area (Å²) in [7, 11) is 0. The van der Waals surface area contributed by atoms with Gasteiger partial charge in [-0.25, -0.2) is 4.79 Å². The fraction of sp³-hybridized carbons (Fsp3) is 0.625. The van der Waals surface area contributed by atoms with Crippen LogP contribution in [0.5, 0.6) is 0 Å². The average Bonchev–Trinajstić information content (AvgIpc) is 2.97. The number of ether oxygens (including phenoxy) is 3. The minimum absolute atomic E-state index is 0.189. The lowest BCUT2D eigenvalue weighted by Crippen LogP contribution is -2.34. The van der Waals surface area contributed by atoms with Crippen molar-refractivity contribution in [3.05, 3.63) is 37.6 Å². The number of aliphatic hydroxyl groups excluding tert-OH is 1. The number of hydrogen-bond acceptors (Lipinski definition) is 6. The van der Waals surface area contributed by atoms with Crippen molar-refractivity contribution in [2.24, 2.45) is 0 Å². The number of nitrogens with zero attached hydrogens (tertiary/aromatic N) is 1. The van der Waals surface area contributed by atoms with E-state index in [2.05, 4.69) is 20.9 Å². The monoisotopic (exact) mass is 416 g/mol. The van der Waals surface area contributed by atoms with Gasteiger partial charge in [0.2, 0.25) is 0 Å². The summed E-state index contributed by atoms with van der Waals surface area (Å²) < 4.78 is 18.2. The Morgan fingerprint density at radius 3 is 3.00 bits per heavy atom. The van der Waals surface area contributed by atoms with E-state index in [1.165, 1.54) is 21.8 Å². The van der Waals surface area contributed by atoms with E-state index in [4.69, 9.17) is 14.2 Å². The van der Waals surface area contributed by atoms with E-state index in [0.717, 1.165) is 19.3 Å². The van der Waals surface area contributed by atoms with E-state index >= 15 is 0 Å². The van der Waals surface area contributed by atoms with Crippen molar-refractivity contribution < 1.29 is 19.3 Å². The third-order valence-electron chi connectivity index (χ3n) is 4.34. The number of rotatable bonds is 5. The molecule has 0 amide bonds. The summed E-state index contributed by atoms with van der Waals surface area (Å²) in [4.78, 5) is 27.6. The highest BCUT2D eigenvalue weighted by molar-refractivity contribution is 9.11. The summed E-state index contributed by atoms with van der Waals surface area (Å²) in [5.74, 6) is 0. The molecule has 1 aromatic heterocycles. The Labute approximate surface area is 152 Å². The topological polar surface area (TPSA) is 103 Å². The lowest BCUT2D eigenvalue weighted by atomic mass is 10.2. The van der Waals surface area contributed by atoms with Crippen molar-refractivity contribution in [2.45, 2.75) is 50.4 Å². The maximum Gasteiger partial charge on any atom is 0.330 e. The Bertz CT molecular complexity index is 724. The highest BCUT2D eigenvalue weighted by Crippen LogP contribution is 2.28. The van der Waals surface area contributed by atoms with Crippen LogP contribution in [0.15, 0.2) is 20.8 Å². The van der Waals surface area contributed by atoms with E-state index in [1.54, 1.807) is 0 Å². The zero-order valence-electron chi connectivity index (χ0n) is 13.6. The van der Waals surface area contributed by atoms with Gasteiger partial charge in [-0.05, 0) is 30.3 Å². The summed E-state index contributed by atoms with van der Waals surface area (Å²) in [6.45, 7) is 0.868. The van der Waals surface area contributed by atoms with Crippen LogP contribution in [0, 0.1) is 0 Å². The summed E-state index contributed by atoms with van der Waals surface area (Å²) >= 11 is 3.10. The van der Waals surface area contributed by atoms with Crippen molar-refractivity contribution >= 4 is 22.0 Å². The molecule has 9 heteroatoms. The summed E-state index contributed by atoms with van der Waals surface area (Å²) in [5.41, 5.74) is -0.749. The molecule has 2 N–H and O–H groups in total. The van der Waals surface area contributed by atoms with E-state index < -0.39 is 29.7 Å². The van der Waals surface area contributed by atoms with Gasteiger partial charge in [-0.2, -0.15) is 0 Å². The first-order valence-electron chi connectivity index (χ1n) is 8.27. The minimum Gasteiger partial charge on any atom is -0.390 e. The zero-order valence-corrected chi connectivity index (χ0v) is 15.2. The molecule has 2 fully saturated rings. The molecule has 1 aromatic rings. The second kappa shape index (κ2) is 8.41. The van der Waals surface area contributed by atoms with Crippen LogP contribution in [0.3, 0.4) is 0 Å². The van der Waals surface area contributed by atoms with Crippen LogP contribution in [0.1, 0.15) is 37.5 Å². The smallest absolute Gasteiger partial charge is 0.330 e. The van der Waals surface area contributed by atoms with Crippen molar-refractivity contribution in [1.29, 1.82) is 0 Å². The molecule has 0 bridgehead atoms. The quantitative estimate of drug-likeness (QED) is 0.744. The van der Waals surface area contributed by atoms with E-state index in [1.807, 2.05) is 0 Å². The number of aliphatic hydroxyl groups is 1. The molecular formula is C16H21BrN2O6. The minimum atomic E-state index is -0.761. The maximum absolute atomic E-state index is 12.1. The molecular weight excluding hydrogens is 396 g/mol. The van der Waals surface area contributed by atoms with Crippen molar-refractivity contribution in [3.8, 4) is 0 Å². The number of nitrogens with one attached hydrogen (secondary N) is 1. The van der Waals surface area contributed by atoms with Crippen molar-refractivity contribution in [2.75, 3.05) is 13.2 Å². The van der Waals surface area contributed by atoms with Crippen LogP contribution >= 0.6 is 15.9 Å². The van der Waals surface area contributed by atoms with Gasteiger partial charge < -0.3 is 19.3 Å². The number of aromatic amines is 1. The number of H-pyrrole nitrogens is 1. The van der Waals surface area contributed by atoms with Crippen molar-refractivity contribution in [3.63, 3.8) is 0 Å². The SMILES string of the molecule is O=c1[nH]c(=O)n([C@H]2C[C@H](O)[C@@H](COC3CCCCO3)O2)cc1/C=C/Br. The van der Waals surface area contributed by atoms with Gasteiger partial charge in [0.25, 0.3) is 5.56 Å². The van der Waals surface area contributed by atoms with Crippen LogP contribution in [0.2, 0.25) is 0 Å². The summed E-state index contributed by atoms with van der Waals surface area (Å²) in [6.07, 6.45) is 3.86. The molecule has 0 aliphatic carbocycles. The van der Waals surface area contributed by atoms with E-state index in [-0.39, 0.29) is 19.3 Å². The van der Waals surface area contributed by atoms with Gasteiger partial charge in [0.1, 0.15) is 12.3 Å². The van der Waals surface area contributed by atoms with E-state index in [9.17, 15) is 14.7 Å². The van der Waals surface area contributed by atoms with Crippen LogP contribution in [-0.2, 0) is 14.2 Å². The molecule has 0 saturated carbocycles. The molecule has 25 heavy (non-hydrogen) atoms. The normalized spacial score (nSPS) is 30.2. The van der Waals surface area contributed by atoms with Gasteiger partial charge in [-0.15, -0.1) is 0 Å². The number of aromatic nitrogens is 2. The van der Waals surface area contributed by atoms with Gasteiger partial charge in [0, 0.05) is 19.2 Å². The number of hydrogen-bond donors (Lipinski definition) is 2. The predicted molar refractivity (Wildman–Crippen MR) is 93.4 cm³/mol. The van der Waals surface area contributed by atoms with Gasteiger partial charge in [0.15, 0.2) is 6.29 Å². The molecule has 3 rings (SSSR count). The highest BCUT2D eigenvalue weighted by atomic mass is 79.9. The molecule has 1 unspecified atom stereocenters. The molecule has 2 saturated heterocycles. The van der Waals surface area contributed by atoms with Gasteiger partial charge in [-0.1, -0.05) is 15.9 Å². The molecule has 0 radical (unpaired) electrons. The maximum atomic E-state index is 12.1. The summed E-state index contributed by atoms with van der Waals surface area (Å²) in [5, 5.41) is 10.2. The Morgan fingerprint density at radius 2 is 2.28 bits per heavy atom.